The highest BCUT2D eigenvalue weighted by Crippen LogP contribution is 2.29. The predicted octanol–water partition coefficient (Wildman–Crippen LogP) is 3.11. The van der Waals surface area contributed by atoms with Gasteiger partial charge in [-0.15, -0.1) is 0 Å². The first-order chi connectivity index (χ1) is 8.59. The summed E-state index contributed by atoms with van der Waals surface area (Å²) in [6.45, 7) is 2.15. The van der Waals surface area contributed by atoms with Crippen LogP contribution in [-0.4, -0.2) is 12.2 Å². The zero-order valence-corrected chi connectivity index (χ0v) is 10.4. The van der Waals surface area contributed by atoms with Crippen LogP contribution in [0.5, 0.6) is 0 Å². The molecule has 96 valence electrons. The topological polar surface area (TPSA) is 36.6 Å². The van der Waals surface area contributed by atoms with Crippen molar-refractivity contribution in [1.82, 2.24) is 0 Å². The highest BCUT2D eigenvalue weighted by Gasteiger charge is 2.16. The normalized spacial score (nSPS) is 12.4. The van der Waals surface area contributed by atoms with E-state index in [4.69, 9.17) is 4.42 Å². The molecule has 2 rings (SSSR count). The summed E-state index contributed by atoms with van der Waals surface area (Å²) in [7, 11) is 1.79. The van der Waals surface area contributed by atoms with E-state index in [0.29, 0.717) is 17.8 Å². The van der Waals surface area contributed by atoms with E-state index in [-0.39, 0.29) is 5.82 Å². The van der Waals surface area contributed by atoms with Crippen molar-refractivity contribution in [3.8, 4) is 0 Å². The number of furan rings is 1. The van der Waals surface area contributed by atoms with E-state index < -0.39 is 6.10 Å². The van der Waals surface area contributed by atoms with Gasteiger partial charge in [0.15, 0.2) is 0 Å². The van der Waals surface area contributed by atoms with E-state index in [1.165, 1.54) is 6.07 Å². The Morgan fingerprint density at radius 1 is 1.39 bits per heavy atom. The van der Waals surface area contributed by atoms with E-state index in [1.807, 2.05) is 6.07 Å². The van der Waals surface area contributed by atoms with Gasteiger partial charge in [-0.05, 0) is 19.1 Å². The average Bonchev–Trinajstić information content (AvgIpc) is 2.81. The van der Waals surface area contributed by atoms with E-state index >= 15 is 0 Å². The number of rotatable bonds is 4. The van der Waals surface area contributed by atoms with E-state index in [2.05, 4.69) is 0 Å². The number of para-hydroxylation sites is 1. The summed E-state index contributed by atoms with van der Waals surface area (Å²) in [5, 5.41) is 9.69. The second-order valence-corrected chi connectivity index (χ2v) is 4.34. The molecule has 0 bridgehead atoms. The fourth-order valence-electron chi connectivity index (χ4n) is 2.01. The number of nitrogens with zero attached hydrogens (tertiary/aromatic N) is 1. The van der Waals surface area contributed by atoms with Gasteiger partial charge in [-0.2, -0.15) is 0 Å². The molecule has 1 atom stereocenters. The molecule has 0 aliphatic carbocycles. The first kappa shape index (κ1) is 12.6. The van der Waals surface area contributed by atoms with E-state index in [1.54, 1.807) is 43.5 Å². The Morgan fingerprint density at radius 2 is 2.17 bits per heavy atom. The Kier molecular flexibility index (Phi) is 3.67. The fourth-order valence-corrected chi connectivity index (χ4v) is 2.01. The van der Waals surface area contributed by atoms with Gasteiger partial charge >= 0.3 is 0 Å². The second kappa shape index (κ2) is 5.23. The van der Waals surface area contributed by atoms with Gasteiger partial charge in [-0.1, -0.05) is 12.1 Å². The zero-order chi connectivity index (χ0) is 13.1. The van der Waals surface area contributed by atoms with Crippen LogP contribution in [0, 0.1) is 5.82 Å². The van der Waals surface area contributed by atoms with Crippen LogP contribution in [0.25, 0.3) is 0 Å². The number of benzene rings is 1. The average molecular weight is 249 g/mol. The lowest BCUT2D eigenvalue weighted by Gasteiger charge is -2.23. The lowest BCUT2D eigenvalue weighted by Crippen LogP contribution is -2.19. The summed E-state index contributed by atoms with van der Waals surface area (Å²) in [5.74, 6) is -0.334. The molecule has 0 saturated carbocycles. The van der Waals surface area contributed by atoms with Gasteiger partial charge in [0.25, 0.3) is 0 Å². The number of hydrogen-bond acceptors (Lipinski definition) is 3. The van der Waals surface area contributed by atoms with Crippen LogP contribution in [0.2, 0.25) is 0 Å². The summed E-state index contributed by atoms with van der Waals surface area (Å²) < 4.78 is 18.9. The molecule has 4 heteroatoms. The number of halogens is 1. The molecule has 0 unspecified atom stereocenters. The van der Waals surface area contributed by atoms with Crippen molar-refractivity contribution in [2.75, 3.05) is 11.9 Å². The molecule has 1 aromatic carbocycles. The summed E-state index contributed by atoms with van der Waals surface area (Å²) >= 11 is 0. The van der Waals surface area contributed by atoms with Crippen LogP contribution in [-0.2, 0) is 6.54 Å². The van der Waals surface area contributed by atoms with Gasteiger partial charge in [0.1, 0.15) is 5.82 Å². The largest absolute Gasteiger partial charge is 0.472 e. The maximum absolute atomic E-state index is 13.9. The van der Waals surface area contributed by atoms with E-state index in [0.717, 1.165) is 5.56 Å². The molecule has 0 saturated heterocycles. The minimum Gasteiger partial charge on any atom is -0.472 e. The third-order valence-corrected chi connectivity index (χ3v) is 2.85. The Bertz CT molecular complexity index is 509. The first-order valence-corrected chi connectivity index (χ1v) is 5.78. The van der Waals surface area contributed by atoms with Crippen molar-refractivity contribution >= 4 is 5.69 Å². The van der Waals surface area contributed by atoms with Gasteiger partial charge in [0.05, 0.1) is 24.3 Å². The number of aliphatic hydroxyl groups is 1. The molecule has 0 amide bonds. The third kappa shape index (κ3) is 2.54. The molecule has 1 heterocycles. The van der Waals surface area contributed by atoms with Gasteiger partial charge in [-0.3, -0.25) is 0 Å². The summed E-state index contributed by atoms with van der Waals surface area (Å²) in [4.78, 5) is 1.77. The predicted molar refractivity (Wildman–Crippen MR) is 67.8 cm³/mol. The Morgan fingerprint density at radius 3 is 2.78 bits per heavy atom. The quantitative estimate of drug-likeness (QED) is 0.904. The van der Waals surface area contributed by atoms with Crippen LogP contribution in [0.3, 0.4) is 0 Å². The molecule has 3 nitrogen and oxygen atoms in total. The Hall–Kier alpha value is -1.81. The molecule has 0 aliphatic heterocycles. The molecule has 0 fully saturated rings. The van der Waals surface area contributed by atoms with Crippen LogP contribution in [0.1, 0.15) is 24.2 Å². The van der Waals surface area contributed by atoms with Crippen LogP contribution in [0.15, 0.2) is 41.2 Å². The highest BCUT2D eigenvalue weighted by molar-refractivity contribution is 5.55. The first-order valence-electron chi connectivity index (χ1n) is 5.78. The fraction of sp³-hybridized carbons (Fsp3) is 0.286. The summed E-state index contributed by atoms with van der Waals surface area (Å²) in [5.41, 5.74) is 1.96. The number of anilines is 1. The van der Waals surface area contributed by atoms with E-state index in [9.17, 15) is 9.50 Å². The van der Waals surface area contributed by atoms with Crippen molar-refractivity contribution in [1.29, 1.82) is 0 Å². The van der Waals surface area contributed by atoms with Gasteiger partial charge in [-0.25, -0.2) is 4.39 Å². The van der Waals surface area contributed by atoms with Crippen molar-refractivity contribution in [3.05, 3.63) is 53.7 Å². The maximum atomic E-state index is 13.9. The standard InChI is InChI=1S/C14H16FNO2/c1-10(17)12-4-3-5-13(15)14(12)16(2)8-11-6-7-18-9-11/h3-7,9-10,17H,8H2,1-2H3/t10-/m0/s1. The van der Waals surface area contributed by atoms with Gasteiger partial charge in [0, 0.05) is 24.7 Å². The smallest absolute Gasteiger partial charge is 0.146 e. The molecule has 1 aromatic heterocycles. The lowest BCUT2D eigenvalue weighted by molar-refractivity contribution is 0.199. The maximum Gasteiger partial charge on any atom is 0.146 e. The minimum absolute atomic E-state index is 0.334. The minimum atomic E-state index is -0.706. The summed E-state index contributed by atoms with van der Waals surface area (Å²) in [6.07, 6.45) is 2.50. The zero-order valence-electron chi connectivity index (χ0n) is 10.4. The second-order valence-electron chi connectivity index (χ2n) is 4.34. The number of aliphatic hydroxyl groups excluding tert-OH is 1. The Balaban J connectivity index is 2.31. The SMILES string of the molecule is C[C@H](O)c1cccc(F)c1N(C)Cc1ccoc1. The Labute approximate surface area is 105 Å². The van der Waals surface area contributed by atoms with Crippen LogP contribution >= 0.6 is 0 Å². The van der Waals surface area contributed by atoms with Crippen LogP contribution in [0.4, 0.5) is 10.1 Å². The molecular weight excluding hydrogens is 233 g/mol. The molecule has 0 spiro atoms. The monoisotopic (exact) mass is 249 g/mol. The van der Waals surface area contributed by atoms with Crippen molar-refractivity contribution in [2.24, 2.45) is 0 Å². The van der Waals surface area contributed by atoms with Crippen molar-refractivity contribution < 1.29 is 13.9 Å². The van der Waals surface area contributed by atoms with Crippen molar-refractivity contribution in [2.45, 2.75) is 19.6 Å². The van der Waals surface area contributed by atoms with Gasteiger partial charge < -0.3 is 14.4 Å². The third-order valence-electron chi connectivity index (χ3n) is 2.85. The summed E-state index contributed by atoms with van der Waals surface area (Å²) in [6, 6.07) is 6.56. The van der Waals surface area contributed by atoms with Gasteiger partial charge in [0.2, 0.25) is 0 Å². The molecule has 18 heavy (non-hydrogen) atoms. The molecule has 2 aromatic rings. The van der Waals surface area contributed by atoms with Crippen molar-refractivity contribution in [3.63, 3.8) is 0 Å². The lowest BCUT2D eigenvalue weighted by atomic mass is 10.1. The molecule has 0 aliphatic rings. The molecule has 0 radical (unpaired) electrons. The molecule has 1 N–H and O–H groups in total. The van der Waals surface area contributed by atoms with Crippen LogP contribution < -0.4 is 4.90 Å². The molecular formula is C14H16FNO2. The number of hydrogen-bond donors (Lipinski definition) is 1. The highest BCUT2D eigenvalue weighted by atomic mass is 19.1.